The van der Waals surface area contributed by atoms with Crippen LogP contribution in [-0.4, -0.2) is 64.3 Å². The molecule has 8 rings (SSSR count). The third-order valence-corrected chi connectivity index (χ3v) is 11.3. The number of ether oxygens (including phenoxy) is 1. The van der Waals surface area contributed by atoms with E-state index in [9.17, 15) is 4.39 Å². The van der Waals surface area contributed by atoms with Gasteiger partial charge in [-0.05, 0) is 69.0 Å². The number of thiazole rings is 1. The smallest absolute Gasteiger partial charge is 0.319 e. The second-order valence-electron chi connectivity index (χ2n) is 12.7. The monoisotopic (exact) mass is 610 g/mol. The lowest BCUT2D eigenvalue weighted by atomic mass is 9.95. The number of nitrogens with zero attached hydrogens (tertiary/aromatic N) is 5. The second-order valence-corrected chi connectivity index (χ2v) is 14.2. The molecule has 2 unspecified atom stereocenters. The van der Waals surface area contributed by atoms with Gasteiger partial charge in [0.05, 0.1) is 20.8 Å². The van der Waals surface area contributed by atoms with Crippen molar-refractivity contribution >= 4 is 55.0 Å². The number of hydrogen-bond acceptors (Lipinski definition) is 8. The number of nitrogens with two attached hydrogens (primary N) is 1. The second kappa shape index (κ2) is 9.86. The highest BCUT2D eigenvalue weighted by Gasteiger charge is 2.49. The molecule has 42 heavy (non-hydrogen) atoms. The molecule has 2 aromatic carbocycles. The summed E-state index contributed by atoms with van der Waals surface area (Å²) in [4.78, 5) is 18.5. The molecular weight excluding hydrogens is 578 g/mol. The highest BCUT2D eigenvalue weighted by atomic mass is 35.5. The Labute approximate surface area is 252 Å². The quantitative estimate of drug-likeness (QED) is 0.267. The fraction of sp³-hybridized carbons (Fsp3) is 0.516. The zero-order chi connectivity index (χ0) is 28.7. The van der Waals surface area contributed by atoms with E-state index in [4.69, 9.17) is 27.1 Å². The fourth-order valence-electron chi connectivity index (χ4n) is 8.09. The van der Waals surface area contributed by atoms with Crippen molar-refractivity contribution in [3.05, 3.63) is 34.6 Å². The molecule has 4 fully saturated rings. The molecule has 2 bridgehead atoms. The SMILES string of the molecule is Cc1ccc(-c2c(Cl)cc3c(N4CC5CCC(C5)C4)nc(OC[C@@]45CCCN4C[C@H](F)C5)nc3c2F)c2nc(N)sc12. The molecule has 1 aliphatic carbocycles. The molecule has 3 saturated heterocycles. The first-order valence-electron chi connectivity index (χ1n) is 14.9. The Balaban J connectivity index is 1.27. The van der Waals surface area contributed by atoms with Crippen molar-refractivity contribution in [2.75, 3.05) is 43.4 Å². The zero-order valence-corrected chi connectivity index (χ0v) is 25.1. The summed E-state index contributed by atoms with van der Waals surface area (Å²) in [6.45, 7) is 5.29. The predicted octanol–water partition coefficient (Wildman–Crippen LogP) is 6.78. The Kier molecular flexibility index (Phi) is 6.28. The average molecular weight is 611 g/mol. The minimum absolute atomic E-state index is 0.123. The van der Waals surface area contributed by atoms with Crippen LogP contribution < -0.4 is 15.4 Å². The molecule has 2 aromatic heterocycles. The first-order chi connectivity index (χ1) is 20.3. The molecule has 2 N–H and O–H groups in total. The van der Waals surface area contributed by atoms with Crippen molar-refractivity contribution in [3.8, 4) is 17.1 Å². The van der Waals surface area contributed by atoms with E-state index in [1.54, 1.807) is 6.07 Å². The fourth-order valence-corrected chi connectivity index (χ4v) is 9.21. The van der Waals surface area contributed by atoms with Gasteiger partial charge in [-0.3, -0.25) is 4.90 Å². The van der Waals surface area contributed by atoms with E-state index >= 15 is 4.39 Å². The molecule has 4 aromatic rings. The number of hydrogen-bond donors (Lipinski definition) is 1. The van der Waals surface area contributed by atoms with Crippen molar-refractivity contribution in [1.82, 2.24) is 19.9 Å². The van der Waals surface area contributed by atoms with Gasteiger partial charge in [-0.15, -0.1) is 0 Å². The summed E-state index contributed by atoms with van der Waals surface area (Å²) >= 11 is 8.27. The molecule has 0 spiro atoms. The van der Waals surface area contributed by atoms with Gasteiger partial charge in [-0.25, -0.2) is 13.8 Å². The standard InChI is InChI=1S/C31H33ClF2N6OS/c1-16-3-6-20(26-27(16)42-29(35)36-26)23-22(32)10-21-25(24(23)34)37-30(38-28(21)39-12-17-4-5-18(9-17)13-39)41-15-31-7-2-8-40(31)14-19(33)11-31/h3,6,10,17-19H,2,4-5,7-9,11-15H2,1H3,(H2,35,36)/t17?,18?,19-,31+/m1/s1. The number of rotatable bonds is 5. The van der Waals surface area contributed by atoms with E-state index in [2.05, 4.69) is 19.8 Å². The summed E-state index contributed by atoms with van der Waals surface area (Å²) < 4.78 is 38.4. The van der Waals surface area contributed by atoms with Crippen LogP contribution in [0.2, 0.25) is 5.02 Å². The van der Waals surface area contributed by atoms with Crippen LogP contribution in [0.25, 0.3) is 32.2 Å². The van der Waals surface area contributed by atoms with Crippen LogP contribution in [0.1, 0.15) is 44.1 Å². The molecule has 5 heterocycles. The number of piperidine rings is 1. The van der Waals surface area contributed by atoms with Crippen molar-refractivity contribution in [2.45, 2.75) is 57.2 Å². The van der Waals surface area contributed by atoms with E-state index in [1.807, 2.05) is 19.1 Å². The Hall–Kier alpha value is -2.82. The Bertz CT molecular complexity index is 1720. The largest absolute Gasteiger partial charge is 0.461 e. The Morgan fingerprint density at radius 1 is 1.14 bits per heavy atom. The van der Waals surface area contributed by atoms with E-state index in [-0.39, 0.29) is 34.3 Å². The van der Waals surface area contributed by atoms with E-state index in [0.717, 1.165) is 42.7 Å². The van der Waals surface area contributed by atoms with Gasteiger partial charge in [0, 0.05) is 42.6 Å². The van der Waals surface area contributed by atoms with Crippen LogP contribution in [0, 0.1) is 24.6 Å². The molecule has 4 atom stereocenters. The van der Waals surface area contributed by atoms with Crippen molar-refractivity contribution < 1.29 is 13.5 Å². The van der Waals surface area contributed by atoms with Crippen LogP contribution in [0.5, 0.6) is 6.01 Å². The molecule has 3 aliphatic heterocycles. The van der Waals surface area contributed by atoms with Gasteiger partial charge in [0.1, 0.15) is 24.1 Å². The van der Waals surface area contributed by atoms with Crippen LogP contribution in [0.4, 0.5) is 19.7 Å². The summed E-state index contributed by atoms with van der Waals surface area (Å²) in [7, 11) is 0. The highest BCUT2D eigenvalue weighted by molar-refractivity contribution is 7.22. The molecule has 1 saturated carbocycles. The number of anilines is 2. The minimum atomic E-state index is -0.862. The summed E-state index contributed by atoms with van der Waals surface area (Å²) in [6.07, 6.45) is 5.10. The number of fused-ring (bicyclic) bond motifs is 5. The van der Waals surface area contributed by atoms with Gasteiger partial charge in [0.15, 0.2) is 10.9 Å². The van der Waals surface area contributed by atoms with Gasteiger partial charge < -0.3 is 15.4 Å². The average Bonchev–Trinajstić information content (AvgIpc) is 3.70. The molecular formula is C31H33ClF2N6OS. The summed E-state index contributed by atoms with van der Waals surface area (Å²) in [5.74, 6) is 1.31. The maximum Gasteiger partial charge on any atom is 0.319 e. The molecule has 7 nitrogen and oxygen atoms in total. The van der Waals surface area contributed by atoms with Crippen molar-refractivity contribution in [1.29, 1.82) is 0 Å². The Morgan fingerprint density at radius 3 is 2.76 bits per heavy atom. The predicted molar refractivity (Wildman–Crippen MR) is 164 cm³/mol. The van der Waals surface area contributed by atoms with Gasteiger partial charge in [0.2, 0.25) is 0 Å². The number of halogens is 3. The number of alkyl halides is 1. The number of aryl methyl sites for hydroxylation is 1. The molecule has 220 valence electrons. The molecule has 0 amide bonds. The minimum Gasteiger partial charge on any atom is -0.461 e. The van der Waals surface area contributed by atoms with Crippen LogP contribution >= 0.6 is 22.9 Å². The first kappa shape index (κ1) is 26.8. The lowest BCUT2D eigenvalue weighted by Gasteiger charge is -2.34. The van der Waals surface area contributed by atoms with E-state index in [0.29, 0.717) is 52.2 Å². The first-order valence-corrected chi connectivity index (χ1v) is 16.1. The number of aromatic nitrogens is 3. The molecule has 0 radical (unpaired) electrons. The zero-order valence-electron chi connectivity index (χ0n) is 23.5. The summed E-state index contributed by atoms with van der Waals surface area (Å²) in [5.41, 5.74) is 8.33. The van der Waals surface area contributed by atoms with Gasteiger partial charge in [-0.1, -0.05) is 35.1 Å². The normalized spacial score (nSPS) is 27.4. The highest BCUT2D eigenvalue weighted by Crippen LogP contribution is 2.45. The van der Waals surface area contributed by atoms with Crippen LogP contribution in [-0.2, 0) is 0 Å². The molecule has 4 aliphatic rings. The van der Waals surface area contributed by atoms with Gasteiger partial charge in [-0.2, -0.15) is 9.97 Å². The third kappa shape index (κ3) is 4.24. The summed E-state index contributed by atoms with van der Waals surface area (Å²) in [5, 5.41) is 1.26. The summed E-state index contributed by atoms with van der Waals surface area (Å²) in [6, 6.07) is 5.69. The topological polar surface area (TPSA) is 80.4 Å². The maximum absolute atomic E-state index is 16.8. The Morgan fingerprint density at radius 2 is 1.95 bits per heavy atom. The molecule has 11 heteroatoms. The maximum atomic E-state index is 16.8. The van der Waals surface area contributed by atoms with Crippen LogP contribution in [0.15, 0.2) is 18.2 Å². The van der Waals surface area contributed by atoms with Gasteiger partial charge >= 0.3 is 6.01 Å². The lowest BCUT2D eigenvalue weighted by molar-refractivity contribution is 0.107. The number of benzene rings is 2. The van der Waals surface area contributed by atoms with Crippen LogP contribution in [0.3, 0.4) is 0 Å². The van der Waals surface area contributed by atoms with Crippen molar-refractivity contribution in [2.24, 2.45) is 11.8 Å². The van der Waals surface area contributed by atoms with Crippen molar-refractivity contribution in [3.63, 3.8) is 0 Å². The van der Waals surface area contributed by atoms with Gasteiger partial charge in [0.25, 0.3) is 0 Å². The lowest BCUT2D eigenvalue weighted by Crippen LogP contribution is -2.43. The van der Waals surface area contributed by atoms with E-state index < -0.39 is 12.0 Å². The third-order valence-electron chi connectivity index (χ3n) is 10.0. The van der Waals surface area contributed by atoms with E-state index in [1.165, 1.54) is 30.6 Å². The number of nitrogen functional groups attached to an aromatic ring is 1.